The third-order valence-corrected chi connectivity index (χ3v) is 5.15. The van der Waals surface area contributed by atoms with Crippen molar-refractivity contribution in [3.63, 3.8) is 0 Å². The van der Waals surface area contributed by atoms with Gasteiger partial charge in [0.05, 0.1) is 5.56 Å². The van der Waals surface area contributed by atoms with Crippen molar-refractivity contribution in [1.29, 1.82) is 0 Å². The van der Waals surface area contributed by atoms with Crippen LogP contribution in [0.2, 0.25) is 0 Å². The summed E-state index contributed by atoms with van der Waals surface area (Å²) < 4.78 is 19.4. The van der Waals surface area contributed by atoms with Crippen molar-refractivity contribution in [2.75, 3.05) is 5.32 Å². The Bertz CT molecular complexity index is 1120. The normalized spacial score (nSPS) is 10.8. The Morgan fingerprint density at radius 3 is 2.68 bits per heavy atom. The molecule has 6 heteroatoms. The first-order valence-corrected chi connectivity index (χ1v) is 9.56. The number of furan rings is 1. The van der Waals surface area contributed by atoms with Crippen molar-refractivity contribution >= 4 is 22.4 Å². The Balaban J connectivity index is 1.44. The van der Waals surface area contributed by atoms with Gasteiger partial charge >= 0.3 is 0 Å². The largest absolute Gasteiger partial charge is 0.451 e. The molecule has 4 nitrogen and oxygen atoms in total. The van der Waals surface area contributed by atoms with Gasteiger partial charge in [-0.25, -0.2) is 9.37 Å². The number of benzene rings is 2. The van der Waals surface area contributed by atoms with Crippen molar-refractivity contribution < 1.29 is 13.6 Å². The van der Waals surface area contributed by atoms with Crippen LogP contribution in [0.3, 0.4) is 0 Å². The average molecular weight is 392 g/mol. The van der Waals surface area contributed by atoms with E-state index in [1.807, 2.05) is 0 Å². The number of nitrogens with zero attached hydrogens (tertiary/aromatic N) is 1. The predicted octanol–water partition coefficient (Wildman–Crippen LogP) is 5.69. The average Bonchev–Trinajstić information content (AvgIpc) is 3.34. The fraction of sp³-hybridized carbons (Fsp3) is 0.0909. The second kappa shape index (κ2) is 7.78. The minimum atomic E-state index is -0.418. The summed E-state index contributed by atoms with van der Waals surface area (Å²) >= 11 is 1.42. The lowest BCUT2D eigenvalue weighted by atomic mass is 10.1. The lowest BCUT2D eigenvalue weighted by Gasteiger charge is -2.00. The molecule has 28 heavy (non-hydrogen) atoms. The zero-order valence-electron chi connectivity index (χ0n) is 15.1. The molecule has 0 radical (unpaired) electrons. The number of aryl methyl sites for hydroxylation is 1. The van der Waals surface area contributed by atoms with Gasteiger partial charge in [-0.1, -0.05) is 42.0 Å². The first-order valence-electron chi connectivity index (χ1n) is 8.75. The smallest absolute Gasteiger partial charge is 0.293 e. The van der Waals surface area contributed by atoms with Crippen LogP contribution in [0.1, 0.15) is 26.6 Å². The van der Waals surface area contributed by atoms with Crippen molar-refractivity contribution in [3.8, 4) is 11.3 Å². The van der Waals surface area contributed by atoms with E-state index >= 15 is 0 Å². The molecule has 1 amide bonds. The standard InChI is InChI=1S/C22H17FN2O2S/c1-14-6-8-15(9-7-14)12-16-13-24-22(28-16)25-21(26)20-11-10-19(27-20)17-4-2-3-5-18(17)23/h2-11,13H,12H2,1H3,(H,24,25,26). The number of aromatic nitrogens is 1. The van der Waals surface area contributed by atoms with E-state index in [4.69, 9.17) is 4.42 Å². The number of hydrogen-bond donors (Lipinski definition) is 1. The summed E-state index contributed by atoms with van der Waals surface area (Å²) in [5.74, 6) is -0.403. The first kappa shape index (κ1) is 18.1. The molecule has 0 unspecified atom stereocenters. The van der Waals surface area contributed by atoms with Crippen molar-refractivity contribution in [2.45, 2.75) is 13.3 Å². The molecular weight excluding hydrogens is 375 g/mol. The van der Waals surface area contributed by atoms with Crippen molar-refractivity contribution in [3.05, 3.63) is 94.4 Å². The lowest BCUT2D eigenvalue weighted by Crippen LogP contribution is -2.10. The Labute approximate surface area is 165 Å². The van der Waals surface area contributed by atoms with Gasteiger partial charge in [-0.2, -0.15) is 0 Å². The van der Waals surface area contributed by atoms with Crippen molar-refractivity contribution in [1.82, 2.24) is 4.98 Å². The highest BCUT2D eigenvalue weighted by atomic mass is 32.1. The number of halogens is 1. The van der Waals surface area contributed by atoms with E-state index in [0.29, 0.717) is 16.5 Å². The van der Waals surface area contributed by atoms with Crippen LogP contribution in [-0.4, -0.2) is 10.9 Å². The molecule has 2 heterocycles. The van der Waals surface area contributed by atoms with Crippen LogP contribution < -0.4 is 5.32 Å². The summed E-state index contributed by atoms with van der Waals surface area (Å²) in [4.78, 5) is 17.7. The Morgan fingerprint density at radius 1 is 1.11 bits per heavy atom. The van der Waals surface area contributed by atoms with Gasteiger partial charge in [0, 0.05) is 17.5 Å². The molecule has 2 aromatic heterocycles. The highest BCUT2D eigenvalue weighted by Crippen LogP contribution is 2.26. The molecule has 4 aromatic rings. The molecule has 0 spiro atoms. The number of carbonyl (C=O) groups is 1. The third kappa shape index (κ3) is 4.02. The highest BCUT2D eigenvalue weighted by Gasteiger charge is 2.16. The quantitative estimate of drug-likeness (QED) is 0.474. The van der Waals surface area contributed by atoms with Crippen LogP contribution in [0.4, 0.5) is 9.52 Å². The van der Waals surface area contributed by atoms with Gasteiger partial charge in [0.2, 0.25) is 0 Å². The fourth-order valence-electron chi connectivity index (χ4n) is 2.78. The van der Waals surface area contributed by atoms with Gasteiger partial charge < -0.3 is 4.42 Å². The van der Waals surface area contributed by atoms with E-state index in [2.05, 4.69) is 41.5 Å². The molecule has 0 aliphatic rings. The van der Waals surface area contributed by atoms with Crippen LogP contribution >= 0.6 is 11.3 Å². The number of nitrogens with one attached hydrogen (secondary N) is 1. The second-order valence-electron chi connectivity index (χ2n) is 6.39. The summed E-state index contributed by atoms with van der Waals surface area (Å²) in [6, 6.07) is 17.7. The zero-order valence-corrected chi connectivity index (χ0v) is 15.9. The number of anilines is 1. The summed E-state index contributed by atoms with van der Waals surface area (Å²) in [6.07, 6.45) is 2.51. The first-order chi connectivity index (χ1) is 13.6. The molecule has 0 fully saturated rings. The minimum absolute atomic E-state index is 0.105. The monoisotopic (exact) mass is 392 g/mol. The van der Waals surface area contributed by atoms with Crippen LogP contribution in [0.5, 0.6) is 0 Å². The van der Waals surface area contributed by atoms with Gasteiger partial charge in [0.15, 0.2) is 10.9 Å². The molecule has 0 aliphatic heterocycles. The maximum Gasteiger partial charge on any atom is 0.293 e. The summed E-state index contributed by atoms with van der Waals surface area (Å²) in [6.45, 7) is 2.05. The van der Waals surface area contributed by atoms with Gasteiger partial charge in [0.25, 0.3) is 5.91 Å². The molecule has 4 rings (SSSR count). The van der Waals surface area contributed by atoms with Crippen LogP contribution in [0.25, 0.3) is 11.3 Å². The molecule has 0 bridgehead atoms. The molecule has 2 aromatic carbocycles. The molecular formula is C22H17FN2O2S. The maximum absolute atomic E-state index is 13.9. The summed E-state index contributed by atoms with van der Waals surface area (Å²) in [5.41, 5.74) is 2.72. The molecule has 140 valence electrons. The molecule has 1 N–H and O–H groups in total. The van der Waals surface area contributed by atoms with Gasteiger partial charge in [0.1, 0.15) is 11.6 Å². The van der Waals surface area contributed by atoms with Crippen LogP contribution in [-0.2, 0) is 6.42 Å². The number of thiazole rings is 1. The number of hydrogen-bond acceptors (Lipinski definition) is 4. The Kier molecular flexibility index (Phi) is 5.04. The number of amides is 1. The van der Waals surface area contributed by atoms with E-state index in [9.17, 15) is 9.18 Å². The van der Waals surface area contributed by atoms with Crippen molar-refractivity contribution in [2.24, 2.45) is 0 Å². The second-order valence-corrected chi connectivity index (χ2v) is 7.51. The number of carbonyl (C=O) groups excluding carboxylic acids is 1. The van der Waals surface area contributed by atoms with Crippen LogP contribution in [0.15, 0.2) is 71.3 Å². The van der Waals surface area contributed by atoms with Gasteiger partial charge in [-0.3, -0.25) is 10.1 Å². The Hall–Kier alpha value is -3.25. The van der Waals surface area contributed by atoms with Gasteiger partial charge in [-0.05, 0) is 36.8 Å². The highest BCUT2D eigenvalue weighted by molar-refractivity contribution is 7.15. The van der Waals surface area contributed by atoms with E-state index in [0.717, 1.165) is 11.3 Å². The van der Waals surface area contributed by atoms with Crippen LogP contribution in [0, 0.1) is 12.7 Å². The van der Waals surface area contributed by atoms with E-state index in [-0.39, 0.29) is 5.76 Å². The SMILES string of the molecule is Cc1ccc(Cc2cnc(NC(=O)c3ccc(-c4ccccc4F)o3)s2)cc1. The minimum Gasteiger partial charge on any atom is -0.451 e. The summed E-state index contributed by atoms with van der Waals surface area (Å²) in [7, 11) is 0. The van der Waals surface area contributed by atoms with E-state index < -0.39 is 11.7 Å². The molecule has 0 saturated carbocycles. The zero-order chi connectivity index (χ0) is 19.5. The lowest BCUT2D eigenvalue weighted by molar-refractivity contribution is 0.0997. The third-order valence-electron chi connectivity index (χ3n) is 4.24. The molecule has 0 aliphatic carbocycles. The summed E-state index contributed by atoms with van der Waals surface area (Å²) in [5, 5.41) is 3.23. The van der Waals surface area contributed by atoms with E-state index in [1.54, 1.807) is 30.5 Å². The topological polar surface area (TPSA) is 55.1 Å². The molecule has 0 saturated heterocycles. The predicted molar refractivity (Wildman–Crippen MR) is 108 cm³/mol. The maximum atomic E-state index is 13.9. The number of rotatable bonds is 5. The van der Waals surface area contributed by atoms with E-state index in [1.165, 1.54) is 34.6 Å². The fourth-order valence-corrected chi connectivity index (χ4v) is 3.62. The Morgan fingerprint density at radius 2 is 1.89 bits per heavy atom. The molecule has 0 atom stereocenters. The van der Waals surface area contributed by atoms with Gasteiger partial charge in [-0.15, -0.1) is 11.3 Å².